The van der Waals surface area contributed by atoms with Crippen molar-refractivity contribution in [2.75, 3.05) is 0 Å². The number of hydrogen-bond acceptors (Lipinski definition) is 5. The highest BCUT2D eigenvalue weighted by Crippen LogP contribution is 2.31. The summed E-state index contributed by atoms with van der Waals surface area (Å²) in [6, 6.07) is 13.0. The van der Waals surface area contributed by atoms with Crippen LogP contribution in [0.3, 0.4) is 0 Å². The lowest BCUT2D eigenvalue weighted by Crippen LogP contribution is -2.13. The standard InChI is InChI=1S/C16H12ClN5O3/c1-10-15(16(23)21(20-10)12-5-3-2-4-6-12)19-18-13-8-7-11(17)9-14(13)22(24)25/h2-9,20H,1H3. The molecule has 1 aromatic heterocycles. The van der Waals surface area contributed by atoms with Gasteiger partial charge < -0.3 is 0 Å². The van der Waals surface area contributed by atoms with E-state index in [0.717, 1.165) is 0 Å². The van der Waals surface area contributed by atoms with Gasteiger partial charge in [0, 0.05) is 11.1 Å². The summed E-state index contributed by atoms with van der Waals surface area (Å²) in [6.07, 6.45) is 0. The van der Waals surface area contributed by atoms with Crippen LogP contribution in [0, 0.1) is 17.0 Å². The maximum absolute atomic E-state index is 12.5. The van der Waals surface area contributed by atoms with Crippen LogP contribution in [0.4, 0.5) is 17.1 Å². The lowest BCUT2D eigenvalue weighted by molar-refractivity contribution is -0.384. The quantitative estimate of drug-likeness (QED) is 0.423. The van der Waals surface area contributed by atoms with Gasteiger partial charge in [0.15, 0.2) is 11.4 Å². The van der Waals surface area contributed by atoms with Gasteiger partial charge in [-0.15, -0.1) is 10.2 Å². The maximum atomic E-state index is 12.5. The van der Waals surface area contributed by atoms with Gasteiger partial charge >= 0.3 is 0 Å². The molecule has 3 rings (SSSR count). The maximum Gasteiger partial charge on any atom is 0.299 e. The van der Waals surface area contributed by atoms with Gasteiger partial charge in [-0.2, -0.15) is 0 Å². The second-order valence-corrected chi connectivity index (χ2v) is 5.59. The molecule has 0 spiro atoms. The van der Waals surface area contributed by atoms with Crippen molar-refractivity contribution in [2.24, 2.45) is 10.2 Å². The molecule has 0 aliphatic heterocycles. The predicted octanol–water partition coefficient (Wildman–Crippen LogP) is 4.45. The number of halogens is 1. The SMILES string of the molecule is Cc1[nH]n(-c2ccccc2)c(=O)c1N=Nc1ccc(Cl)cc1[N+](=O)[O-]. The first-order valence-corrected chi connectivity index (χ1v) is 7.58. The lowest BCUT2D eigenvalue weighted by atomic mass is 10.3. The van der Waals surface area contributed by atoms with Gasteiger partial charge in [-0.1, -0.05) is 29.8 Å². The highest BCUT2D eigenvalue weighted by atomic mass is 35.5. The van der Waals surface area contributed by atoms with Gasteiger partial charge in [0.1, 0.15) is 0 Å². The van der Waals surface area contributed by atoms with Crippen molar-refractivity contribution in [1.82, 2.24) is 9.78 Å². The van der Waals surface area contributed by atoms with Gasteiger partial charge in [-0.3, -0.25) is 20.0 Å². The second-order valence-electron chi connectivity index (χ2n) is 5.15. The molecule has 3 aromatic rings. The predicted molar refractivity (Wildman–Crippen MR) is 93.4 cm³/mol. The first-order chi connectivity index (χ1) is 12.0. The molecular weight excluding hydrogens is 346 g/mol. The molecule has 0 unspecified atom stereocenters. The molecule has 0 fully saturated rings. The largest absolute Gasteiger partial charge is 0.299 e. The molecule has 0 bridgehead atoms. The molecule has 1 N–H and O–H groups in total. The van der Waals surface area contributed by atoms with Crippen LogP contribution in [-0.4, -0.2) is 14.7 Å². The Morgan fingerprint density at radius 3 is 2.56 bits per heavy atom. The van der Waals surface area contributed by atoms with Gasteiger partial charge in [0.05, 0.1) is 16.3 Å². The van der Waals surface area contributed by atoms with E-state index in [2.05, 4.69) is 15.3 Å². The highest BCUT2D eigenvalue weighted by Gasteiger charge is 2.16. The summed E-state index contributed by atoms with van der Waals surface area (Å²) in [4.78, 5) is 23.0. The third-order valence-electron chi connectivity index (χ3n) is 3.45. The average molecular weight is 358 g/mol. The minimum atomic E-state index is -0.605. The summed E-state index contributed by atoms with van der Waals surface area (Å²) in [5.74, 6) is 0. The Bertz CT molecular complexity index is 1020. The normalized spacial score (nSPS) is 11.1. The summed E-state index contributed by atoms with van der Waals surface area (Å²) < 4.78 is 1.33. The van der Waals surface area contributed by atoms with Gasteiger partial charge in [0.25, 0.3) is 11.2 Å². The fourth-order valence-corrected chi connectivity index (χ4v) is 2.41. The molecule has 1 heterocycles. The molecule has 126 valence electrons. The Balaban J connectivity index is 2.03. The fraction of sp³-hybridized carbons (Fsp3) is 0.0625. The number of hydrogen-bond donors (Lipinski definition) is 1. The van der Waals surface area contributed by atoms with Crippen LogP contribution in [0.15, 0.2) is 63.6 Å². The zero-order valence-corrected chi connectivity index (χ0v) is 13.8. The minimum absolute atomic E-state index is 0.0145. The van der Waals surface area contributed by atoms with Gasteiger partial charge in [-0.05, 0) is 31.2 Å². The van der Waals surface area contributed by atoms with Crippen molar-refractivity contribution in [3.63, 3.8) is 0 Å². The number of aryl methyl sites for hydroxylation is 1. The average Bonchev–Trinajstić information content (AvgIpc) is 2.89. The van der Waals surface area contributed by atoms with Crippen molar-refractivity contribution < 1.29 is 4.92 Å². The van der Waals surface area contributed by atoms with Crippen molar-refractivity contribution in [3.8, 4) is 5.69 Å². The third kappa shape index (κ3) is 3.33. The molecule has 25 heavy (non-hydrogen) atoms. The molecule has 0 saturated carbocycles. The van der Waals surface area contributed by atoms with Crippen LogP contribution in [0.1, 0.15) is 5.69 Å². The number of H-pyrrole nitrogens is 1. The zero-order valence-electron chi connectivity index (χ0n) is 13.0. The molecule has 0 atom stereocenters. The zero-order chi connectivity index (χ0) is 18.0. The monoisotopic (exact) mass is 357 g/mol. The van der Waals surface area contributed by atoms with E-state index in [4.69, 9.17) is 11.6 Å². The first-order valence-electron chi connectivity index (χ1n) is 7.20. The van der Waals surface area contributed by atoms with Crippen molar-refractivity contribution in [2.45, 2.75) is 6.92 Å². The van der Waals surface area contributed by atoms with E-state index in [1.807, 2.05) is 6.07 Å². The van der Waals surface area contributed by atoms with Crippen LogP contribution in [0.5, 0.6) is 0 Å². The summed E-state index contributed by atoms with van der Waals surface area (Å²) in [6.45, 7) is 1.67. The van der Waals surface area contributed by atoms with E-state index in [1.165, 1.54) is 22.9 Å². The Labute approximate surface area is 146 Å². The highest BCUT2D eigenvalue weighted by molar-refractivity contribution is 6.30. The summed E-state index contributed by atoms with van der Waals surface area (Å²) >= 11 is 5.76. The van der Waals surface area contributed by atoms with E-state index >= 15 is 0 Å². The number of benzene rings is 2. The summed E-state index contributed by atoms with van der Waals surface area (Å²) in [5.41, 5.74) is 0.550. The molecule has 0 aliphatic carbocycles. The van der Waals surface area contributed by atoms with E-state index in [-0.39, 0.29) is 22.1 Å². The van der Waals surface area contributed by atoms with E-state index in [9.17, 15) is 14.9 Å². The Kier molecular flexibility index (Phi) is 4.44. The number of nitro groups is 1. The number of aromatic amines is 1. The molecule has 2 aromatic carbocycles. The van der Waals surface area contributed by atoms with E-state index in [1.54, 1.807) is 31.2 Å². The van der Waals surface area contributed by atoms with Crippen molar-refractivity contribution in [1.29, 1.82) is 0 Å². The molecule has 0 aliphatic rings. The molecule has 9 heteroatoms. The van der Waals surface area contributed by atoms with Crippen LogP contribution in [-0.2, 0) is 0 Å². The van der Waals surface area contributed by atoms with Crippen molar-refractivity contribution >= 4 is 28.7 Å². The lowest BCUT2D eigenvalue weighted by Gasteiger charge is -1.99. The second kappa shape index (κ2) is 6.70. The van der Waals surface area contributed by atoms with Crippen LogP contribution in [0.25, 0.3) is 5.69 Å². The van der Waals surface area contributed by atoms with Crippen LogP contribution in [0.2, 0.25) is 5.02 Å². The Hall–Kier alpha value is -3.26. The van der Waals surface area contributed by atoms with Crippen molar-refractivity contribution in [3.05, 3.63) is 79.7 Å². The number of aromatic nitrogens is 2. The van der Waals surface area contributed by atoms with Crippen LogP contribution < -0.4 is 5.56 Å². The number of nitrogens with one attached hydrogen (secondary N) is 1. The number of azo groups is 1. The fourth-order valence-electron chi connectivity index (χ4n) is 2.25. The molecule has 8 nitrogen and oxygen atoms in total. The molecule has 0 saturated heterocycles. The Morgan fingerprint density at radius 2 is 1.88 bits per heavy atom. The molecular formula is C16H12ClN5O3. The minimum Gasteiger partial charge on any atom is -0.293 e. The molecule has 0 radical (unpaired) electrons. The number of nitro benzene ring substituents is 1. The number of para-hydroxylation sites is 1. The van der Waals surface area contributed by atoms with Gasteiger partial charge in [0.2, 0.25) is 0 Å². The van der Waals surface area contributed by atoms with Crippen LogP contribution >= 0.6 is 11.6 Å². The number of rotatable bonds is 4. The summed E-state index contributed by atoms with van der Waals surface area (Å²) in [7, 11) is 0. The Morgan fingerprint density at radius 1 is 1.16 bits per heavy atom. The smallest absolute Gasteiger partial charge is 0.293 e. The van der Waals surface area contributed by atoms with Gasteiger partial charge in [-0.25, -0.2) is 4.68 Å². The van der Waals surface area contributed by atoms with E-state index < -0.39 is 10.5 Å². The van der Waals surface area contributed by atoms with E-state index in [0.29, 0.717) is 11.4 Å². The number of nitrogens with zero attached hydrogens (tertiary/aromatic N) is 4. The molecule has 0 amide bonds. The topological polar surface area (TPSA) is 106 Å². The summed E-state index contributed by atoms with van der Waals surface area (Å²) in [5, 5.41) is 22.0. The third-order valence-corrected chi connectivity index (χ3v) is 3.68. The first kappa shape index (κ1) is 16.6.